The van der Waals surface area contributed by atoms with Gasteiger partial charge in [0.2, 0.25) is 31.9 Å². The molecule has 9 aliphatic rings. The SMILES string of the molecule is CC(=O)N1CCC(c2cc(C3CC3)cc3[nH]ncc23)CC1.CC(=O)N1CCN(c2cc(Br)cc3[nH]ncc23)CC1(C)C.CCC1CC(c2cc(C3CC3)cc3[nH]ncc23)CCN1S(C)(=O)=O.O=C1NCC2CN(c3cc(Cl)cc4[nH]ncc34)CCN12.O=S1(=O)CCC2CN(c3cc(Cl)cc4[nH]ncc34)CCN21. The Balaban J connectivity index is 0.000000107. The minimum absolute atomic E-state index is 0.0502. The number of fused-ring (bicyclic) bond motifs is 7. The molecule has 0 radical (unpaired) electrons. The molecule has 4 unspecified atom stereocenters. The quantitative estimate of drug-likeness (QED) is 0.0783. The number of nitrogens with zero attached hydrogens (tertiary/aromatic N) is 13. The van der Waals surface area contributed by atoms with E-state index in [0.717, 1.165) is 150 Å². The Labute approximate surface area is 641 Å². The molecule has 7 saturated heterocycles. The number of likely N-dealkylation sites (tertiary alicyclic amines) is 1. The first-order chi connectivity index (χ1) is 51.3. The number of amides is 4. The van der Waals surface area contributed by atoms with E-state index in [4.69, 9.17) is 23.2 Å². The van der Waals surface area contributed by atoms with Crippen LogP contribution in [-0.4, -0.2) is 230 Å². The molecule has 6 N–H and O–H groups in total. The monoisotopic (exact) mass is 1600 g/mol. The topological polar surface area (TPSA) is 301 Å². The molecule has 19 rings (SSSR count). The lowest BCUT2D eigenvalue weighted by molar-refractivity contribution is -0.134. The predicted octanol–water partition coefficient (Wildman–Crippen LogP) is 12.2. The summed E-state index contributed by atoms with van der Waals surface area (Å²) in [6.45, 7) is 19.4. The third-order valence-electron chi connectivity index (χ3n) is 23.2. The Bertz CT molecular complexity index is 5200. The summed E-state index contributed by atoms with van der Waals surface area (Å²) in [6, 6.07) is 21.5. The second-order valence-corrected chi connectivity index (χ2v) is 36.6. The summed E-state index contributed by atoms with van der Waals surface area (Å²) in [7, 11) is -6.15. The number of H-pyrrole nitrogens is 5. The maximum absolute atomic E-state index is 12.0. The lowest BCUT2D eigenvalue weighted by atomic mass is 9.83. The normalized spacial score (nSPS) is 22.5. The van der Waals surface area contributed by atoms with E-state index in [1.807, 2.05) is 69.8 Å². The minimum atomic E-state index is -3.12. The number of anilines is 3. The Kier molecular flexibility index (Phi) is 21.2. The summed E-state index contributed by atoms with van der Waals surface area (Å²) in [5.41, 5.74) is 13.9. The number of aromatic nitrogens is 10. The van der Waals surface area contributed by atoms with Crippen molar-refractivity contribution in [2.75, 3.05) is 112 Å². The lowest BCUT2D eigenvalue weighted by Gasteiger charge is -2.47. The van der Waals surface area contributed by atoms with Crippen molar-refractivity contribution in [2.24, 2.45) is 0 Å². The van der Waals surface area contributed by atoms with Crippen LogP contribution < -0.4 is 20.0 Å². The van der Waals surface area contributed by atoms with Crippen LogP contribution in [0.2, 0.25) is 10.0 Å². The number of halogens is 3. The van der Waals surface area contributed by atoms with Crippen LogP contribution in [0.15, 0.2) is 96.1 Å². The second kappa shape index (κ2) is 30.4. The Morgan fingerprint density at radius 3 is 1.56 bits per heavy atom. The van der Waals surface area contributed by atoms with Crippen molar-refractivity contribution in [1.29, 1.82) is 0 Å². The number of hydrogen-bond acceptors (Lipinski definition) is 15. The number of aromatic amines is 5. The molecule has 5 aromatic heterocycles. The number of piperazine rings is 3. The van der Waals surface area contributed by atoms with Crippen LogP contribution in [-0.2, 0) is 29.6 Å². The molecule has 4 atom stereocenters. The maximum atomic E-state index is 12.0. The summed E-state index contributed by atoms with van der Waals surface area (Å²) in [6.07, 6.45) is 21.4. The minimum Gasteiger partial charge on any atom is -0.368 e. The van der Waals surface area contributed by atoms with Crippen molar-refractivity contribution < 1.29 is 31.2 Å². The summed E-state index contributed by atoms with van der Waals surface area (Å²) < 4.78 is 52.3. The third kappa shape index (κ3) is 15.9. The van der Waals surface area contributed by atoms with Gasteiger partial charge >= 0.3 is 6.03 Å². The Morgan fingerprint density at radius 1 is 0.561 bits per heavy atom. The van der Waals surface area contributed by atoms with Crippen LogP contribution in [0.1, 0.15) is 145 Å². The van der Waals surface area contributed by atoms with Gasteiger partial charge in [0.1, 0.15) is 0 Å². The van der Waals surface area contributed by atoms with Gasteiger partial charge < -0.3 is 34.7 Å². The zero-order valence-corrected chi connectivity index (χ0v) is 66.0. The zero-order chi connectivity index (χ0) is 74.8. The molecule has 0 bridgehead atoms. The number of carbonyl (C=O) groups excluding carboxylic acids is 3. The number of rotatable bonds is 9. The van der Waals surface area contributed by atoms with E-state index in [1.54, 1.807) is 28.7 Å². The van der Waals surface area contributed by atoms with Gasteiger partial charge in [0.25, 0.3) is 0 Å². The molecule has 12 heterocycles. The van der Waals surface area contributed by atoms with Gasteiger partial charge in [-0.3, -0.25) is 35.1 Å². The number of carbonyl (C=O) groups is 3. The van der Waals surface area contributed by atoms with Crippen LogP contribution >= 0.6 is 39.1 Å². The van der Waals surface area contributed by atoms with Gasteiger partial charge in [-0.05, 0) is 173 Å². The molecule has 9 fully saturated rings. The first-order valence-electron chi connectivity index (χ1n) is 37.5. The molecule has 7 aliphatic heterocycles. The van der Waals surface area contributed by atoms with E-state index >= 15 is 0 Å². The van der Waals surface area contributed by atoms with Crippen LogP contribution in [0.4, 0.5) is 21.9 Å². The number of nitrogens with one attached hydrogen (secondary N) is 6. The van der Waals surface area contributed by atoms with Gasteiger partial charge in [-0.1, -0.05) is 58.2 Å². The molecule has 107 heavy (non-hydrogen) atoms. The number of benzene rings is 5. The molecule has 4 amide bonds. The van der Waals surface area contributed by atoms with Gasteiger partial charge in [-0.2, -0.15) is 34.1 Å². The molecule has 0 spiro atoms. The molecule has 26 nitrogen and oxygen atoms in total. The fraction of sp³-hybridized carbons (Fsp3) is 0.500. The van der Waals surface area contributed by atoms with E-state index in [9.17, 15) is 31.2 Å². The fourth-order valence-electron chi connectivity index (χ4n) is 17.4. The van der Waals surface area contributed by atoms with E-state index in [-0.39, 0.29) is 47.3 Å². The first-order valence-corrected chi connectivity index (χ1v) is 42.5. The Hall–Kier alpha value is -8.06. The van der Waals surface area contributed by atoms with E-state index in [1.165, 1.54) is 70.5 Å². The molecule has 2 aliphatic carbocycles. The van der Waals surface area contributed by atoms with Crippen molar-refractivity contribution in [1.82, 2.24) is 79.6 Å². The summed E-state index contributed by atoms with van der Waals surface area (Å²) in [4.78, 5) is 47.5. The molecule has 5 aromatic carbocycles. The third-order valence-corrected chi connectivity index (χ3v) is 27.4. The first kappa shape index (κ1) is 74.4. The van der Waals surface area contributed by atoms with Crippen molar-refractivity contribution >= 4 is 149 Å². The largest absolute Gasteiger partial charge is 0.368 e. The number of urea groups is 1. The van der Waals surface area contributed by atoms with Crippen molar-refractivity contribution in [3.8, 4) is 0 Å². The molecular formula is C76H94BrCl2N19O7S2. The molecule has 31 heteroatoms. The average Bonchev–Trinajstić information content (AvgIpc) is 1.75. The van der Waals surface area contributed by atoms with E-state index in [0.29, 0.717) is 66.9 Å². The molecule has 2 saturated carbocycles. The highest BCUT2D eigenvalue weighted by atomic mass is 79.9. The van der Waals surface area contributed by atoms with Crippen molar-refractivity contribution in [3.63, 3.8) is 0 Å². The van der Waals surface area contributed by atoms with Crippen molar-refractivity contribution in [2.45, 2.75) is 146 Å². The number of hydrogen-bond donors (Lipinski definition) is 6. The van der Waals surface area contributed by atoms with Gasteiger partial charge in [0.05, 0.1) is 82.2 Å². The lowest BCUT2D eigenvalue weighted by Crippen LogP contribution is -2.60. The smallest absolute Gasteiger partial charge is 0.317 e. The predicted molar refractivity (Wildman–Crippen MR) is 425 cm³/mol. The van der Waals surface area contributed by atoms with Crippen LogP contribution in [0, 0.1) is 0 Å². The van der Waals surface area contributed by atoms with E-state index < -0.39 is 20.0 Å². The van der Waals surface area contributed by atoms with Gasteiger partial charge in [0.15, 0.2) is 0 Å². The van der Waals surface area contributed by atoms with Crippen molar-refractivity contribution in [3.05, 3.63) is 128 Å². The van der Waals surface area contributed by atoms with Gasteiger partial charge in [0, 0.05) is 170 Å². The average molecular weight is 1600 g/mol. The van der Waals surface area contributed by atoms with E-state index in [2.05, 4.69) is 138 Å². The van der Waals surface area contributed by atoms with Gasteiger partial charge in [-0.25, -0.2) is 21.6 Å². The standard InChI is InChI=1S/C18H25N3O2S.C17H21N3O.C15H19BrN4O.C13H14ClN5O.C13H15ClN4O2S/c1-3-15-8-13(6-7-21(15)24(2,22)23)16-9-14(12-4-5-12)10-18-17(16)11-19-20-18;1-11(21)20-6-4-13(5-7-20)15-8-14(12-2-3-12)9-17-16(15)10-18-19-17;1-10(21)20-5-4-19(9-15(20,2)3)14-7-11(16)6-13-12(14)8-17-18-13;14-8-3-11-10(6-16-17-11)12(4-8)18-1-2-19-9(7-18)5-15-13(19)20;14-9-5-12-11(7-15-16-12)13(6-9)17-2-3-18-10(8-17)1-4-21(18,19)20/h9-13,15H,3-8H2,1-2H3,(H,19,20);8-10,12-13H,2-7H2,1H3,(H,18,19);6-8H,4-5,9H2,1-3H3,(H,17,18);3-4,6,9H,1-2,5,7H2,(H,15,20)(H,16,17);5-7,10H,1-4,8H2,(H,15,16). The highest BCUT2D eigenvalue weighted by Crippen LogP contribution is 2.47. The highest BCUT2D eigenvalue weighted by molar-refractivity contribution is 9.10. The summed E-state index contributed by atoms with van der Waals surface area (Å²) in [5, 5.41) is 45.8. The summed E-state index contributed by atoms with van der Waals surface area (Å²) >= 11 is 15.9. The maximum Gasteiger partial charge on any atom is 0.317 e. The summed E-state index contributed by atoms with van der Waals surface area (Å²) in [5.74, 6) is 3.03. The van der Waals surface area contributed by atoms with Crippen LogP contribution in [0.3, 0.4) is 0 Å². The van der Waals surface area contributed by atoms with Gasteiger partial charge in [-0.15, -0.1) is 0 Å². The van der Waals surface area contributed by atoms with Crippen LogP contribution in [0.5, 0.6) is 0 Å². The molecular weight excluding hydrogens is 1510 g/mol. The second-order valence-electron chi connectivity index (χ2n) is 30.8. The van der Waals surface area contributed by atoms with Crippen LogP contribution in [0.25, 0.3) is 54.5 Å². The number of sulfonamides is 2. The molecule has 10 aromatic rings. The number of piperidine rings is 2. The zero-order valence-electron chi connectivity index (χ0n) is 61.3. The molecule has 568 valence electrons. The Morgan fingerprint density at radius 2 is 1.05 bits per heavy atom. The highest BCUT2D eigenvalue weighted by Gasteiger charge is 2.43. The fourth-order valence-corrected chi connectivity index (χ4v) is 21.3.